The van der Waals surface area contributed by atoms with Gasteiger partial charge in [0.1, 0.15) is 5.82 Å². The minimum Gasteiger partial charge on any atom is -0.338 e. The molecule has 0 fully saturated rings. The van der Waals surface area contributed by atoms with E-state index in [0.717, 1.165) is 30.6 Å². The quantitative estimate of drug-likeness (QED) is 0.891. The number of carbonyl (C=O) groups is 1. The standard InChI is InChI=1S/C18H24N4O/c1-14-5-7-15(8-6-14)12-20-18(23)19-10-9-16-13-22-11-3-2-4-17(22)21-16/h5-8,13H,2-4,9-12H2,1H3,(H2,19,20,23). The molecule has 3 rings (SSSR count). The maximum atomic E-state index is 11.8. The number of nitrogens with one attached hydrogen (secondary N) is 2. The van der Waals surface area contributed by atoms with E-state index < -0.39 is 0 Å². The number of carbonyl (C=O) groups excluding carboxylic acids is 1. The molecule has 5 nitrogen and oxygen atoms in total. The van der Waals surface area contributed by atoms with Gasteiger partial charge in [0, 0.05) is 38.7 Å². The molecule has 1 aromatic carbocycles. The fourth-order valence-corrected chi connectivity index (χ4v) is 2.85. The smallest absolute Gasteiger partial charge is 0.315 e. The molecule has 0 spiro atoms. The Bertz CT molecular complexity index is 637. The van der Waals surface area contributed by atoms with Crippen molar-refractivity contribution in [3.8, 4) is 0 Å². The highest BCUT2D eigenvalue weighted by atomic mass is 16.2. The molecule has 1 aliphatic rings. The summed E-state index contributed by atoms with van der Waals surface area (Å²) in [7, 11) is 0. The van der Waals surface area contributed by atoms with E-state index in [1.165, 1.54) is 24.2 Å². The van der Waals surface area contributed by atoms with Crippen LogP contribution in [0.4, 0.5) is 4.79 Å². The molecule has 2 N–H and O–H groups in total. The number of rotatable bonds is 5. The number of aryl methyl sites for hydroxylation is 3. The van der Waals surface area contributed by atoms with Crippen LogP contribution in [0.3, 0.4) is 0 Å². The van der Waals surface area contributed by atoms with Crippen molar-refractivity contribution < 1.29 is 4.79 Å². The van der Waals surface area contributed by atoms with Crippen LogP contribution in [-0.2, 0) is 25.9 Å². The number of benzene rings is 1. The van der Waals surface area contributed by atoms with Gasteiger partial charge in [-0.1, -0.05) is 29.8 Å². The molecule has 5 heteroatoms. The zero-order valence-corrected chi connectivity index (χ0v) is 13.6. The Morgan fingerprint density at radius 2 is 2.04 bits per heavy atom. The van der Waals surface area contributed by atoms with Gasteiger partial charge < -0.3 is 15.2 Å². The average molecular weight is 312 g/mol. The lowest BCUT2D eigenvalue weighted by atomic mass is 10.1. The molecule has 0 bridgehead atoms. The van der Waals surface area contributed by atoms with Crippen LogP contribution < -0.4 is 10.6 Å². The molecule has 0 aliphatic carbocycles. The number of nitrogens with zero attached hydrogens (tertiary/aromatic N) is 2. The third-order valence-corrected chi connectivity index (χ3v) is 4.20. The topological polar surface area (TPSA) is 59.0 Å². The summed E-state index contributed by atoms with van der Waals surface area (Å²) in [6.45, 7) is 4.28. The van der Waals surface area contributed by atoms with Crippen molar-refractivity contribution in [3.05, 3.63) is 53.1 Å². The van der Waals surface area contributed by atoms with Crippen molar-refractivity contribution in [3.63, 3.8) is 0 Å². The molecule has 0 saturated heterocycles. The Hall–Kier alpha value is -2.30. The maximum Gasteiger partial charge on any atom is 0.315 e. The normalized spacial score (nSPS) is 13.4. The molecule has 0 saturated carbocycles. The van der Waals surface area contributed by atoms with Gasteiger partial charge in [-0.15, -0.1) is 0 Å². The third kappa shape index (κ3) is 4.34. The number of urea groups is 1. The minimum atomic E-state index is -0.130. The molecule has 2 amide bonds. The van der Waals surface area contributed by atoms with Gasteiger partial charge in [-0.2, -0.15) is 0 Å². The number of hydrogen-bond acceptors (Lipinski definition) is 2. The molecule has 0 unspecified atom stereocenters. The summed E-state index contributed by atoms with van der Waals surface area (Å²) < 4.78 is 2.25. The van der Waals surface area contributed by atoms with E-state index in [4.69, 9.17) is 0 Å². The monoisotopic (exact) mass is 312 g/mol. The fraction of sp³-hybridized carbons (Fsp3) is 0.444. The Balaban J connectivity index is 1.39. The van der Waals surface area contributed by atoms with E-state index in [-0.39, 0.29) is 6.03 Å². The van der Waals surface area contributed by atoms with Crippen LogP contribution in [0.2, 0.25) is 0 Å². The Morgan fingerprint density at radius 3 is 2.83 bits per heavy atom. The highest BCUT2D eigenvalue weighted by Crippen LogP contribution is 2.14. The van der Waals surface area contributed by atoms with Crippen LogP contribution in [0.5, 0.6) is 0 Å². The number of amides is 2. The summed E-state index contributed by atoms with van der Waals surface area (Å²) in [6.07, 6.45) is 6.45. The molecular weight excluding hydrogens is 288 g/mol. The lowest BCUT2D eigenvalue weighted by molar-refractivity contribution is 0.240. The Labute approximate surface area is 137 Å². The van der Waals surface area contributed by atoms with E-state index in [1.807, 2.05) is 12.1 Å². The number of imidazole rings is 1. The van der Waals surface area contributed by atoms with Gasteiger partial charge >= 0.3 is 6.03 Å². The predicted molar refractivity (Wildman–Crippen MR) is 90.3 cm³/mol. The van der Waals surface area contributed by atoms with Gasteiger partial charge in [-0.3, -0.25) is 0 Å². The first kappa shape index (κ1) is 15.6. The van der Waals surface area contributed by atoms with Gasteiger partial charge in [-0.25, -0.2) is 9.78 Å². The molecule has 1 aromatic heterocycles. The molecular formula is C18H24N4O. The lowest BCUT2D eigenvalue weighted by Gasteiger charge is -2.11. The van der Waals surface area contributed by atoms with Crippen LogP contribution in [0.1, 0.15) is 35.5 Å². The minimum absolute atomic E-state index is 0.130. The van der Waals surface area contributed by atoms with Crippen molar-refractivity contribution in [1.29, 1.82) is 0 Å². The van der Waals surface area contributed by atoms with Crippen LogP contribution in [0.15, 0.2) is 30.5 Å². The summed E-state index contributed by atoms with van der Waals surface area (Å²) in [5, 5.41) is 5.77. The summed E-state index contributed by atoms with van der Waals surface area (Å²) in [5.74, 6) is 1.19. The highest BCUT2D eigenvalue weighted by Gasteiger charge is 2.12. The van der Waals surface area contributed by atoms with Gasteiger partial charge in [-0.05, 0) is 25.3 Å². The molecule has 1 aliphatic heterocycles. The molecule has 2 heterocycles. The molecule has 0 atom stereocenters. The van der Waals surface area contributed by atoms with E-state index in [9.17, 15) is 4.79 Å². The van der Waals surface area contributed by atoms with Crippen molar-refractivity contribution in [2.45, 2.75) is 45.7 Å². The van der Waals surface area contributed by atoms with E-state index >= 15 is 0 Å². The molecule has 122 valence electrons. The zero-order chi connectivity index (χ0) is 16.1. The average Bonchev–Trinajstić information content (AvgIpc) is 2.97. The first-order valence-corrected chi connectivity index (χ1v) is 8.33. The van der Waals surface area contributed by atoms with E-state index in [2.05, 4.69) is 45.4 Å². The second-order valence-corrected chi connectivity index (χ2v) is 6.14. The van der Waals surface area contributed by atoms with E-state index in [0.29, 0.717) is 13.1 Å². The van der Waals surface area contributed by atoms with Gasteiger partial charge in [0.15, 0.2) is 0 Å². The summed E-state index contributed by atoms with van der Waals surface area (Å²) in [5.41, 5.74) is 3.40. The van der Waals surface area contributed by atoms with Crippen LogP contribution in [0.25, 0.3) is 0 Å². The van der Waals surface area contributed by atoms with Crippen molar-refractivity contribution in [2.24, 2.45) is 0 Å². The molecule has 23 heavy (non-hydrogen) atoms. The van der Waals surface area contributed by atoms with Crippen molar-refractivity contribution in [1.82, 2.24) is 20.2 Å². The highest BCUT2D eigenvalue weighted by molar-refractivity contribution is 5.73. The maximum absolute atomic E-state index is 11.8. The summed E-state index contributed by atoms with van der Waals surface area (Å²) in [4.78, 5) is 16.5. The SMILES string of the molecule is Cc1ccc(CNC(=O)NCCc2cn3c(n2)CCCC3)cc1. The van der Waals surface area contributed by atoms with Crippen LogP contribution in [0, 0.1) is 6.92 Å². The zero-order valence-electron chi connectivity index (χ0n) is 13.6. The van der Waals surface area contributed by atoms with Crippen LogP contribution >= 0.6 is 0 Å². The predicted octanol–water partition coefficient (Wildman–Crippen LogP) is 2.57. The van der Waals surface area contributed by atoms with E-state index in [1.54, 1.807) is 0 Å². The van der Waals surface area contributed by atoms with Crippen LogP contribution in [-0.4, -0.2) is 22.1 Å². The fourth-order valence-electron chi connectivity index (χ4n) is 2.85. The molecule has 2 aromatic rings. The number of aromatic nitrogens is 2. The Morgan fingerprint density at radius 1 is 1.22 bits per heavy atom. The lowest BCUT2D eigenvalue weighted by Crippen LogP contribution is -2.36. The summed E-state index contributed by atoms with van der Waals surface area (Å²) in [6, 6.07) is 8.04. The number of fused-ring (bicyclic) bond motifs is 1. The van der Waals surface area contributed by atoms with Crippen molar-refractivity contribution in [2.75, 3.05) is 6.54 Å². The third-order valence-electron chi connectivity index (χ3n) is 4.20. The van der Waals surface area contributed by atoms with Crippen molar-refractivity contribution >= 4 is 6.03 Å². The first-order valence-electron chi connectivity index (χ1n) is 8.33. The van der Waals surface area contributed by atoms with Gasteiger partial charge in [0.25, 0.3) is 0 Å². The number of hydrogen-bond donors (Lipinski definition) is 2. The molecule has 0 radical (unpaired) electrons. The van der Waals surface area contributed by atoms with Gasteiger partial charge in [0.05, 0.1) is 5.69 Å². The second-order valence-electron chi connectivity index (χ2n) is 6.14. The van der Waals surface area contributed by atoms with Gasteiger partial charge in [0.2, 0.25) is 0 Å². The first-order chi connectivity index (χ1) is 11.2. The Kier molecular flexibility index (Phi) is 4.95. The largest absolute Gasteiger partial charge is 0.338 e. The summed E-state index contributed by atoms with van der Waals surface area (Å²) >= 11 is 0. The second kappa shape index (κ2) is 7.31.